The molecule has 0 rings (SSSR count). The Labute approximate surface area is 46.2 Å². The maximum Gasteiger partial charge on any atom is 0.392 e. The van der Waals surface area contributed by atoms with Crippen LogP contribution < -0.4 is 0 Å². The van der Waals surface area contributed by atoms with Crippen LogP contribution >= 0.6 is 0 Å². The minimum absolute atomic E-state index is 2.44. The van der Waals surface area contributed by atoms with Crippen molar-refractivity contribution in [1.82, 2.24) is 0 Å². The van der Waals surface area contributed by atoms with Crippen LogP contribution in [-0.4, -0.2) is 22.4 Å². The van der Waals surface area contributed by atoms with Crippen molar-refractivity contribution in [2.45, 2.75) is 5.80 Å². The van der Waals surface area contributed by atoms with E-state index in [-0.39, 0.29) is 0 Å². The normalized spacial score (nSPS) is 10.9. The average molecular weight is 162 g/mol. The van der Waals surface area contributed by atoms with Crippen LogP contribution in [0.3, 0.4) is 0 Å². The van der Waals surface area contributed by atoms with Gasteiger partial charge in [0.15, 0.2) is 9.70 Å². The molecule has 0 aromatic heterocycles. The third kappa shape index (κ3) is 5.83. The molecule has 7 heteroatoms. The summed E-state index contributed by atoms with van der Waals surface area (Å²) < 4.78 is 51.5. The van der Waals surface area contributed by atoms with E-state index in [1.807, 2.05) is 0 Å². The Bertz CT molecular complexity index is 180. The lowest BCUT2D eigenvalue weighted by Crippen LogP contribution is -2.10. The Morgan fingerprint density at radius 2 is 1.62 bits per heavy atom. The Balaban J connectivity index is 4.34. The summed E-state index contributed by atoms with van der Waals surface area (Å²) in [5, 5.41) is 0. The second-order valence-electron chi connectivity index (χ2n) is 0.920. The highest BCUT2D eigenvalue weighted by Gasteiger charge is 2.24. The van der Waals surface area contributed by atoms with E-state index < -0.39 is 23.7 Å². The van der Waals surface area contributed by atoms with Gasteiger partial charge in [-0.05, 0) is 0 Å². The minimum Gasteiger partial charge on any atom is -0.194 e. The number of halogens is 3. The lowest BCUT2D eigenvalue weighted by Gasteiger charge is -1.89. The van der Waals surface area contributed by atoms with Crippen LogP contribution in [0.25, 0.3) is 0 Å². The molecule has 0 aliphatic carbocycles. The van der Waals surface area contributed by atoms with Gasteiger partial charge in [0.05, 0.1) is 0 Å². The number of hydrogen-bond donors (Lipinski definition) is 0. The SMILES string of the molecule is O=S(=O)=[SiH]C(F)(F)F. The van der Waals surface area contributed by atoms with Crippen LogP contribution in [0.2, 0.25) is 0 Å². The van der Waals surface area contributed by atoms with Gasteiger partial charge in [-0.25, -0.2) is 0 Å². The van der Waals surface area contributed by atoms with Gasteiger partial charge in [0.1, 0.15) is 0 Å². The fourth-order valence-corrected chi connectivity index (χ4v) is 0.982. The van der Waals surface area contributed by atoms with E-state index in [4.69, 9.17) is 0 Å². The van der Waals surface area contributed by atoms with Crippen LogP contribution in [0.4, 0.5) is 13.2 Å². The summed E-state index contributed by atoms with van der Waals surface area (Å²) in [5.74, 6) is -4.51. The van der Waals surface area contributed by atoms with E-state index >= 15 is 0 Å². The quantitative estimate of drug-likeness (QED) is 0.460. The molecule has 0 saturated carbocycles. The zero-order valence-corrected chi connectivity index (χ0v) is 5.41. The van der Waals surface area contributed by atoms with Crippen molar-refractivity contribution in [3.8, 4) is 0 Å². The van der Waals surface area contributed by atoms with Crippen molar-refractivity contribution in [3.05, 3.63) is 0 Å². The predicted octanol–water partition coefficient (Wildman–Crippen LogP) is -0.263. The average Bonchev–Trinajstić information content (AvgIpc) is 1.21. The van der Waals surface area contributed by atoms with E-state index in [2.05, 4.69) is 0 Å². The van der Waals surface area contributed by atoms with E-state index in [1.165, 1.54) is 0 Å². The van der Waals surface area contributed by atoms with Crippen LogP contribution in [0.15, 0.2) is 0 Å². The Hall–Kier alpha value is -0.173. The van der Waals surface area contributed by atoms with Gasteiger partial charge in [-0.15, -0.1) is 0 Å². The monoisotopic (exact) mass is 162 g/mol. The third-order valence-corrected chi connectivity index (χ3v) is 2.07. The first-order valence-corrected chi connectivity index (χ1v) is 4.55. The number of rotatable bonds is 0. The highest BCUT2D eigenvalue weighted by Crippen LogP contribution is 2.08. The molecular weight excluding hydrogens is 161 g/mol. The molecular formula is CHF3O2SSi. The van der Waals surface area contributed by atoms with Gasteiger partial charge in [0.2, 0.25) is 0 Å². The maximum absolute atomic E-state index is 11.0. The molecule has 0 saturated heterocycles. The molecule has 8 heavy (non-hydrogen) atoms. The topological polar surface area (TPSA) is 34.1 Å². The standard InChI is InChI=1S/CHF3O2SSi/c2-1(3,4)8-7(5)6/h8H. The molecule has 0 heterocycles. The summed E-state index contributed by atoms with van der Waals surface area (Å²) in [4.78, 5) is 0. The van der Waals surface area contributed by atoms with Gasteiger partial charge in [0, 0.05) is 0 Å². The molecule has 0 spiro atoms. The van der Waals surface area contributed by atoms with Gasteiger partial charge in [-0.3, -0.25) is 0 Å². The minimum atomic E-state index is -4.51. The summed E-state index contributed by atoms with van der Waals surface area (Å²) >= 11 is 0. The smallest absolute Gasteiger partial charge is 0.194 e. The third-order valence-electron chi connectivity index (χ3n) is 0.230. The second kappa shape index (κ2) is 2.40. The molecule has 0 amide bonds. The molecule has 0 aromatic rings. The Morgan fingerprint density at radius 1 is 1.25 bits per heavy atom. The van der Waals surface area contributed by atoms with Crippen LogP contribution in [-0.2, 0) is 9.70 Å². The first-order chi connectivity index (χ1) is 3.42. The molecule has 0 radical (unpaired) electrons. The Morgan fingerprint density at radius 3 is 1.62 bits per heavy atom. The molecule has 0 unspecified atom stereocenters. The van der Waals surface area contributed by atoms with Gasteiger partial charge in [0.25, 0.3) is 8.23 Å². The van der Waals surface area contributed by atoms with Gasteiger partial charge in [-0.2, -0.15) is 21.6 Å². The second-order valence-corrected chi connectivity index (χ2v) is 4.19. The summed E-state index contributed by atoms with van der Waals surface area (Å²) in [7, 11) is -5.37. The number of alkyl halides is 3. The molecule has 0 atom stereocenters. The van der Waals surface area contributed by atoms with Crippen LogP contribution in [0, 0.1) is 0 Å². The van der Waals surface area contributed by atoms with Crippen molar-refractivity contribution in [2.75, 3.05) is 0 Å². The van der Waals surface area contributed by atoms with E-state index in [0.717, 1.165) is 0 Å². The van der Waals surface area contributed by atoms with Crippen molar-refractivity contribution in [2.24, 2.45) is 0 Å². The number of hydrogen-bond acceptors (Lipinski definition) is 2. The van der Waals surface area contributed by atoms with Crippen molar-refractivity contribution in [1.29, 1.82) is 0 Å². The summed E-state index contributed by atoms with van der Waals surface area (Å²) in [5.41, 5.74) is 0. The fourth-order valence-electron chi connectivity index (χ4n) is 0.109. The zero-order chi connectivity index (χ0) is 6.78. The molecule has 0 aromatic carbocycles. The molecule has 0 aliphatic heterocycles. The first-order valence-electron chi connectivity index (χ1n) is 1.42. The van der Waals surface area contributed by atoms with Crippen molar-refractivity contribution >= 4 is 17.9 Å². The first kappa shape index (κ1) is 7.83. The summed E-state index contributed by atoms with van der Waals surface area (Å²) in [6.45, 7) is 0. The summed E-state index contributed by atoms with van der Waals surface area (Å²) in [6.07, 6.45) is 0. The molecule has 0 N–H and O–H groups in total. The predicted molar refractivity (Wildman–Crippen MR) is 22.1 cm³/mol. The van der Waals surface area contributed by atoms with E-state index in [0.29, 0.717) is 0 Å². The van der Waals surface area contributed by atoms with Crippen molar-refractivity contribution in [3.63, 3.8) is 0 Å². The largest absolute Gasteiger partial charge is 0.392 e. The summed E-state index contributed by atoms with van der Waals surface area (Å²) in [6, 6.07) is 0. The van der Waals surface area contributed by atoms with Crippen LogP contribution in [0.1, 0.15) is 0 Å². The van der Waals surface area contributed by atoms with Crippen LogP contribution in [0.5, 0.6) is 0 Å². The van der Waals surface area contributed by atoms with E-state index in [9.17, 15) is 21.6 Å². The molecule has 0 aliphatic rings. The Kier molecular flexibility index (Phi) is 2.35. The lowest BCUT2D eigenvalue weighted by molar-refractivity contribution is -0.0436. The highest BCUT2D eigenvalue weighted by molar-refractivity contribution is 7.78. The van der Waals surface area contributed by atoms with Gasteiger partial charge in [-0.1, -0.05) is 0 Å². The van der Waals surface area contributed by atoms with Crippen molar-refractivity contribution < 1.29 is 21.6 Å². The van der Waals surface area contributed by atoms with Gasteiger partial charge < -0.3 is 0 Å². The molecule has 0 fully saturated rings. The lowest BCUT2D eigenvalue weighted by atomic mass is 11.5. The van der Waals surface area contributed by atoms with Gasteiger partial charge >= 0.3 is 5.80 Å². The fraction of sp³-hybridized carbons (Fsp3) is 1.00. The molecule has 48 valence electrons. The zero-order valence-electron chi connectivity index (χ0n) is 3.44. The molecule has 2 nitrogen and oxygen atoms in total. The maximum atomic E-state index is 11.0. The van der Waals surface area contributed by atoms with E-state index in [1.54, 1.807) is 0 Å². The molecule has 0 bridgehead atoms. The highest BCUT2D eigenvalue weighted by atomic mass is 32.3.